The number of hydrogen-bond donors (Lipinski definition) is 2. The third-order valence-electron chi connectivity index (χ3n) is 4.85. The summed E-state index contributed by atoms with van der Waals surface area (Å²) in [6, 6.07) is 11.3. The van der Waals surface area contributed by atoms with Crippen LogP contribution in [0.25, 0.3) is 11.3 Å². The number of carboxylic acid groups (broad SMARTS) is 1. The highest BCUT2D eigenvalue weighted by Gasteiger charge is 2.24. The highest BCUT2D eigenvalue weighted by molar-refractivity contribution is 5.94. The summed E-state index contributed by atoms with van der Waals surface area (Å²) >= 11 is 0. The van der Waals surface area contributed by atoms with Crippen molar-refractivity contribution in [3.8, 4) is 11.3 Å². The van der Waals surface area contributed by atoms with Gasteiger partial charge in [-0.1, -0.05) is 18.2 Å². The van der Waals surface area contributed by atoms with E-state index in [1.165, 1.54) is 0 Å². The number of likely N-dealkylation sites (tertiary alicyclic amines) is 1. The molecule has 1 aromatic heterocycles. The summed E-state index contributed by atoms with van der Waals surface area (Å²) in [5, 5.41) is 8.88. The van der Waals surface area contributed by atoms with Gasteiger partial charge >= 0.3 is 5.97 Å². The molecule has 1 fully saturated rings. The Morgan fingerprint density at radius 3 is 2.35 bits per heavy atom. The Hall–Kier alpha value is -2.73. The molecule has 26 heavy (non-hydrogen) atoms. The fourth-order valence-electron chi connectivity index (χ4n) is 3.27. The summed E-state index contributed by atoms with van der Waals surface area (Å²) < 4.78 is 0. The van der Waals surface area contributed by atoms with Crippen LogP contribution < -0.4 is 5.73 Å². The summed E-state index contributed by atoms with van der Waals surface area (Å²) in [6.45, 7) is 1.69. The van der Waals surface area contributed by atoms with E-state index in [1.54, 1.807) is 6.20 Å². The number of hydrogen-bond acceptors (Lipinski definition) is 4. The number of nitrogens with two attached hydrogens (primary N) is 1. The lowest BCUT2D eigenvalue weighted by Crippen LogP contribution is -2.38. The van der Waals surface area contributed by atoms with Crippen molar-refractivity contribution in [2.75, 3.05) is 13.1 Å². The van der Waals surface area contributed by atoms with Crippen LogP contribution in [0, 0.1) is 5.92 Å². The molecule has 136 valence electrons. The van der Waals surface area contributed by atoms with Gasteiger partial charge in [-0.05, 0) is 42.5 Å². The summed E-state index contributed by atoms with van der Waals surface area (Å²) in [7, 11) is 0. The van der Waals surface area contributed by atoms with Gasteiger partial charge in [0.05, 0.1) is 5.69 Å². The molecule has 0 atom stereocenters. The summed E-state index contributed by atoms with van der Waals surface area (Å²) in [4.78, 5) is 29.6. The van der Waals surface area contributed by atoms with E-state index in [1.807, 2.05) is 41.3 Å². The molecule has 0 bridgehead atoms. The van der Waals surface area contributed by atoms with Gasteiger partial charge in [-0.3, -0.25) is 14.6 Å². The summed E-state index contributed by atoms with van der Waals surface area (Å²) in [5.41, 5.74) is 9.00. The Morgan fingerprint density at radius 2 is 1.81 bits per heavy atom. The lowest BCUT2D eigenvalue weighted by Gasteiger charge is -2.31. The maximum Gasteiger partial charge on any atom is 0.303 e. The number of piperidine rings is 1. The highest BCUT2D eigenvalue weighted by atomic mass is 16.4. The first-order valence-electron chi connectivity index (χ1n) is 8.83. The maximum atomic E-state index is 12.6. The second-order valence-electron chi connectivity index (χ2n) is 6.67. The van der Waals surface area contributed by atoms with Crippen LogP contribution in [-0.4, -0.2) is 40.0 Å². The number of amides is 1. The molecule has 0 unspecified atom stereocenters. The molecule has 3 N–H and O–H groups in total. The average Bonchev–Trinajstić information content (AvgIpc) is 2.68. The molecule has 0 radical (unpaired) electrons. The topological polar surface area (TPSA) is 96.5 Å². The van der Waals surface area contributed by atoms with E-state index < -0.39 is 5.97 Å². The Morgan fingerprint density at radius 1 is 1.12 bits per heavy atom. The van der Waals surface area contributed by atoms with Gasteiger partial charge in [0.2, 0.25) is 0 Å². The van der Waals surface area contributed by atoms with Crippen molar-refractivity contribution in [3.63, 3.8) is 0 Å². The quantitative estimate of drug-likeness (QED) is 0.861. The predicted molar refractivity (Wildman–Crippen MR) is 98.4 cm³/mol. The molecule has 0 aliphatic carbocycles. The molecule has 0 spiro atoms. The minimum atomic E-state index is -0.765. The third-order valence-corrected chi connectivity index (χ3v) is 4.85. The van der Waals surface area contributed by atoms with E-state index >= 15 is 0 Å². The molecular weight excluding hydrogens is 330 g/mol. The molecule has 2 heterocycles. The Labute approximate surface area is 152 Å². The van der Waals surface area contributed by atoms with Crippen molar-refractivity contribution < 1.29 is 14.7 Å². The Bertz CT molecular complexity index is 764. The van der Waals surface area contributed by atoms with E-state index in [0.717, 1.165) is 29.7 Å². The molecule has 1 amide bonds. The Kier molecular flexibility index (Phi) is 5.63. The van der Waals surface area contributed by atoms with Crippen LogP contribution in [-0.2, 0) is 11.3 Å². The predicted octanol–water partition coefficient (Wildman–Crippen LogP) is 2.53. The van der Waals surface area contributed by atoms with Crippen LogP contribution in [0.15, 0.2) is 42.6 Å². The molecule has 1 aromatic carbocycles. The van der Waals surface area contributed by atoms with Crippen molar-refractivity contribution >= 4 is 11.9 Å². The van der Waals surface area contributed by atoms with Gasteiger partial charge in [0, 0.05) is 43.4 Å². The van der Waals surface area contributed by atoms with Crippen molar-refractivity contribution in [2.45, 2.75) is 25.8 Å². The van der Waals surface area contributed by atoms with Gasteiger partial charge in [-0.15, -0.1) is 0 Å². The SMILES string of the molecule is NCc1ccc(-c2ccc(C(=O)N3CCC(CC(=O)O)CC3)cc2)nc1. The number of benzene rings is 1. The molecular formula is C20H23N3O3. The van der Waals surface area contributed by atoms with E-state index in [9.17, 15) is 9.59 Å². The lowest BCUT2D eigenvalue weighted by molar-refractivity contribution is -0.138. The van der Waals surface area contributed by atoms with Gasteiger partial charge in [0.15, 0.2) is 0 Å². The lowest BCUT2D eigenvalue weighted by atomic mass is 9.93. The van der Waals surface area contributed by atoms with Crippen LogP contribution in [0.4, 0.5) is 0 Å². The molecule has 2 aromatic rings. The molecule has 6 heteroatoms. The molecule has 1 saturated heterocycles. The van der Waals surface area contributed by atoms with E-state index in [4.69, 9.17) is 10.8 Å². The molecule has 1 aliphatic rings. The first-order valence-corrected chi connectivity index (χ1v) is 8.83. The molecule has 1 aliphatic heterocycles. The number of nitrogens with zero attached hydrogens (tertiary/aromatic N) is 2. The summed E-state index contributed by atoms with van der Waals surface area (Å²) in [6.07, 6.45) is 3.43. The van der Waals surface area contributed by atoms with Crippen LogP contribution in [0.5, 0.6) is 0 Å². The van der Waals surface area contributed by atoms with Crippen molar-refractivity contribution in [2.24, 2.45) is 11.7 Å². The fourth-order valence-corrected chi connectivity index (χ4v) is 3.27. The number of carbonyl (C=O) groups is 2. The van der Waals surface area contributed by atoms with Crippen molar-refractivity contribution in [1.29, 1.82) is 0 Å². The van der Waals surface area contributed by atoms with Gasteiger partial charge in [0.25, 0.3) is 5.91 Å². The van der Waals surface area contributed by atoms with Crippen molar-refractivity contribution in [1.82, 2.24) is 9.88 Å². The van der Waals surface area contributed by atoms with Gasteiger partial charge < -0.3 is 15.7 Å². The largest absolute Gasteiger partial charge is 0.481 e. The first kappa shape index (κ1) is 18.1. The number of pyridine rings is 1. The minimum absolute atomic E-state index is 0.00300. The van der Waals surface area contributed by atoms with Crippen molar-refractivity contribution in [3.05, 3.63) is 53.7 Å². The van der Waals surface area contributed by atoms with Crippen LogP contribution in [0.1, 0.15) is 35.2 Å². The fraction of sp³-hybridized carbons (Fsp3) is 0.350. The molecule has 6 nitrogen and oxygen atoms in total. The minimum Gasteiger partial charge on any atom is -0.481 e. The van der Waals surface area contributed by atoms with Gasteiger partial charge in [-0.25, -0.2) is 0 Å². The third kappa shape index (κ3) is 4.26. The van der Waals surface area contributed by atoms with Crippen LogP contribution in [0.3, 0.4) is 0 Å². The summed E-state index contributed by atoms with van der Waals surface area (Å²) in [5.74, 6) is -0.600. The number of carboxylic acids is 1. The monoisotopic (exact) mass is 353 g/mol. The zero-order valence-corrected chi connectivity index (χ0v) is 14.6. The standard InChI is InChI=1S/C20H23N3O3/c21-12-15-1-6-18(22-13-15)16-2-4-17(5-3-16)20(26)23-9-7-14(8-10-23)11-19(24)25/h1-6,13-14H,7-12,21H2,(H,24,25). The number of aliphatic carboxylic acids is 1. The van der Waals surface area contributed by atoms with E-state index in [2.05, 4.69) is 4.98 Å². The van der Waals surface area contributed by atoms with E-state index in [0.29, 0.717) is 25.2 Å². The zero-order chi connectivity index (χ0) is 18.5. The highest BCUT2D eigenvalue weighted by Crippen LogP contribution is 2.23. The first-order chi connectivity index (χ1) is 12.6. The zero-order valence-electron chi connectivity index (χ0n) is 14.6. The number of rotatable bonds is 5. The Balaban J connectivity index is 1.63. The molecule has 3 rings (SSSR count). The second-order valence-corrected chi connectivity index (χ2v) is 6.67. The number of aromatic nitrogens is 1. The van der Waals surface area contributed by atoms with E-state index in [-0.39, 0.29) is 18.2 Å². The van der Waals surface area contributed by atoms with Gasteiger partial charge in [-0.2, -0.15) is 0 Å². The normalized spacial score (nSPS) is 15.0. The number of carbonyl (C=O) groups excluding carboxylic acids is 1. The van der Waals surface area contributed by atoms with Crippen LogP contribution in [0.2, 0.25) is 0 Å². The smallest absolute Gasteiger partial charge is 0.303 e. The van der Waals surface area contributed by atoms with Crippen LogP contribution >= 0.6 is 0 Å². The molecule has 0 saturated carbocycles. The average molecular weight is 353 g/mol. The second kappa shape index (κ2) is 8.10. The van der Waals surface area contributed by atoms with Gasteiger partial charge in [0.1, 0.15) is 0 Å². The maximum absolute atomic E-state index is 12.6.